The molecule has 7 nitrogen and oxygen atoms in total. The van der Waals surface area contributed by atoms with Gasteiger partial charge in [-0.15, -0.1) is 5.10 Å². The van der Waals surface area contributed by atoms with E-state index in [0.29, 0.717) is 21.6 Å². The van der Waals surface area contributed by atoms with E-state index in [9.17, 15) is 9.59 Å². The highest BCUT2D eigenvalue weighted by atomic mass is 35.5. The van der Waals surface area contributed by atoms with Gasteiger partial charge >= 0.3 is 5.97 Å². The lowest BCUT2D eigenvalue weighted by atomic mass is 10.3. The zero-order valence-corrected chi connectivity index (χ0v) is 14.8. The van der Waals surface area contributed by atoms with Gasteiger partial charge in [0.15, 0.2) is 0 Å². The molecule has 128 valence electrons. The molecule has 0 unspecified atom stereocenters. The van der Waals surface area contributed by atoms with Gasteiger partial charge in [0.2, 0.25) is 5.82 Å². The molecular weight excluding hydrogens is 355 g/mol. The summed E-state index contributed by atoms with van der Waals surface area (Å²) < 4.78 is 1.37. The van der Waals surface area contributed by atoms with Crippen molar-refractivity contribution < 1.29 is 14.7 Å². The van der Waals surface area contributed by atoms with Gasteiger partial charge in [-0.3, -0.25) is 9.59 Å². The van der Waals surface area contributed by atoms with E-state index in [2.05, 4.69) is 10.1 Å². The molecule has 0 saturated carbocycles. The van der Waals surface area contributed by atoms with Crippen molar-refractivity contribution in [2.24, 2.45) is 0 Å². The minimum atomic E-state index is -1.11. The van der Waals surface area contributed by atoms with E-state index in [0.717, 1.165) is 0 Å². The third-order valence-corrected chi connectivity index (χ3v) is 3.91. The predicted octanol–water partition coefficient (Wildman–Crippen LogP) is 2.82. The van der Waals surface area contributed by atoms with E-state index in [1.807, 2.05) is 0 Å². The molecule has 0 spiro atoms. The topological polar surface area (TPSA) is 88.3 Å². The van der Waals surface area contributed by atoms with Crippen molar-refractivity contribution >= 4 is 35.1 Å². The van der Waals surface area contributed by atoms with Crippen molar-refractivity contribution in [3.63, 3.8) is 0 Å². The maximum Gasteiger partial charge on any atom is 0.323 e. The van der Waals surface area contributed by atoms with E-state index < -0.39 is 18.4 Å². The number of aromatic nitrogens is 3. The van der Waals surface area contributed by atoms with Gasteiger partial charge in [0, 0.05) is 6.04 Å². The molecule has 1 N–H and O–H groups in total. The maximum atomic E-state index is 12.5. The first kappa shape index (κ1) is 18.2. The number of carboxylic acids is 1. The highest BCUT2D eigenvalue weighted by molar-refractivity contribution is 6.37. The van der Waals surface area contributed by atoms with Crippen LogP contribution in [0.15, 0.2) is 18.2 Å². The average Bonchev–Trinajstić information content (AvgIpc) is 2.85. The number of aryl methyl sites for hydroxylation is 1. The van der Waals surface area contributed by atoms with Gasteiger partial charge in [-0.2, -0.15) is 0 Å². The van der Waals surface area contributed by atoms with Crippen LogP contribution in [0, 0.1) is 6.92 Å². The van der Waals surface area contributed by atoms with Crippen LogP contribution in [0.25, 0.3) is 5.69 Å². The van der Waals surface area contributed by atoms with E-state index in [-0.39, 0.29) is 11.9 Å². The van der Waals surface area contributed by atoms with Crippen LogP contribution in [0.2, 0.25) is 10.0 Å². The molecule has 2 aromatic rings. The van der Waals surface area contributed by atoms with Crippen LogP contribution in [-0.4, -0.2) is 49.2 Å². The summed E-state index contributed by atoms with van der Waals surface area (Å²) in [7, 11) is 0. The number of carbonyl (C=O) groups is 2. The molecule has 24 heavy (non-hydrogen) atoms. The SMILES string of the molecule is Cc1nc(C(=O)N(CC(=O)O)C(C)C)nn1-c1c(Cl)cccc1Cl. The van der Waals surface area contributed by atoms with Crippen LogP contribution in [0.1, 0.15) is 30.3 Å². The first-order valence-electron chi connectivity index (χ1n) is 7.13. The number of carboxylic acid groups (broad SMARTS) is 1. The van der Waals surface area contributed by atoms with Crippen molar-refractivity contribution in [2.45, 2.75) is 26.8 Å². The Morgan fingerprint density at radius 2 is 1.88 bits per heavy atom. The molecule has 0 bridgehead atoms. The Balaban J connectivity index is 2.44. The van der Waals surface area contributed by atoms with E-state index >= 15 is 0 Å². The Morgan fingerprint density at radius 3 is 2.38 bits per heavy atom. The Kier molecular flexibility index (Phi) is 5.46. The predicted molar refractivity (Wildman–Crippen MR) is 89.9 cm³/mol. The van der Waals surface area contributed by atoms with Gasteiger partial charge in [-0.1, -0.05) is 29.3 Å². The zero-order chi connectivity index (χ0) is 18.0. The second kappa shape index (κ2) is 7.19. The average molecular weight is 371 g/mol. The first-order valence-corrected chi connectivity index (χ1v) is 7.88. The van der Waals surface area contributed by atoms with Crippen molar-refractivity contribution in [2.75, 3.05) is 6.54 Å². The Morgan fingerprint density at radius 1 is 1.29 bits per heavy atom. The number of halogens is 2. The summed E-state index contributed by atoms with van der Waals surface area (Å²) in [6, 6.07) is 4.68. The lowest BCUT2D eigenvalue weighted by Gasteiger charge is -2.23. The summed E-state index contributed by atoms with van der Waals surface area (Å²) in [6.07, 6.45) is 0. The number of aliphatic carboxylic acids is 1. The molecule has 9 heteroatoms. The second-order valence-electron chi connectivity index (χ2n) is 5.39. The third-order valence-electron chi connectivity index (χ3n) is 3.30. The Labute approximate surface area is 148 Å². The molecule has 0 fully saturated rings. The van der Waals surface area contributed by atoms with Crippen molar-refractivity contribution in [3.8, 4) is 5.69 Å². The van der Waals surface area contributed by atoms with Gasteiger partial charge in [0.25, 0.3) is 5.91 Å². The molecule has 0 saturated heterocycles. The second-order valence-corrected chi connectivity index (χ2v) is 6.20. The molecule has 0 aliphatic rings. The smallest absolute Gasteiger partial charge is 0.323 e. The molecule has 1 amide bonds. The van der Waals surface area contributed by atoms with Gasteiger partial charge in [-0.05, 0) is 32.9 Å². The fourth-order valence-corrected chi connectivity index (χ4v) is 2.70. The summed E-state index contributed by atoms with van der Waals surface area (Å²) in [5, 5.41) is 13.9. The fourth-order valence-electron chi connectivity index (χ4n) is 2.15. The lowest BCUT2D eigenvalue weighted by molar-refractivity contribution is -0.138. The van der Waals surface area contributed by atoms with Crippen molar-refractivity contribution in [3.05, 3.63) is 39.9 Å². The highest BCUT2D eigenvalue weighted by Gasteiger charge is 2.26. The standard InChI is InChI=1S/C15H16Cl2N4O3/c1-8(2)20(7-12(22)23)15(24)14-18-9(3)21(19-14)13-10(16)5-4-6-11(13)17/h4-6,8H,7H2,1-3H3,(H,22,23). The van der Waals surface area contributed by atoms with Crippen LogP contribution in [0.3, 0.4) is 0 Å². The minimum absolute atomic E-state index is 0.113. The molecule has 2 rings (SSSR count). The number of carbonyl (C=O) groups excluding carboxylic acids is 1. The monoisotopic (exact) mass is 370 g/mol. The number of para-hydroxylation sites is 1. The number of amides is 1. The number of hydrogen-bond acceptors (Lipinski definition) is 4. The zero-order valence-electron chi connectivity index (χ0n) is 13.3. The summed E-state index contributed by atoms with van der Waals surface area (Å²) >= 11 is 12.3. The Bertz CT molecular complexity index is 769. The van der Waals surface area contributed by atoms with Crippen LogP contribution in [0.5, 0.6) is 0 Å². The van der Waals surface area contributed by atoms with Gasteiger partial charge < -0.3 is 10.0 Å². The number of nitrogens with zero attached hydrogens (tertiary/aromatic N) is 4. The summed E-state index contributed by atoms with van der Waals surface area (Å²) in [4.78, 5) is 28.8. The molecule has 0 atom stereocenters. The Hall–Kier alpha value is -2.12. The van der Waals surface area contributed by atoms with Crippen molar-refractivity contribution in [1.29, 1.82) is 0 Å². The summed E-state index contributed by atoms with van der Waals surface area (Å²) in [6.45, 7) is 4.66. The quantitative estimate of drug-likeness (QED) is 0.873. The minimum Gasteiger partial charge on any atom is -0.480 e. The molecule has 0 aliphatic carbocycles. The molecule has 0 radical (unpaired) electrons. The summed E-state index contributed by atoms with van der Waals surface area (Å²) in [5.74, 6) is -1.38. The van der Waals surface area contributed by atoms with Gasteiger partial charge in [-0.25, -0.2) is 9.67 Å². The normalized spacial score (nSPS) is 10.9. The molecule has 0 aliphatic heterocycles. The van der Waals surface area contributed by atoms with E-state index in [4.69, 9.17) is 28.3 Å². The highest BCUT2D eigenvalue weighted by Crippen LogP contribution is 2.28. The summed E-state index contributed by atoms with van der Waals surface area (Å²) in [5.41, 5.74) is 0.416. The van der Waals surface area contributed by atoms with Crippen LogP contribution >= 0.6 is 23.2 Å². The molecule has 1 heterocycles. The van der Waals surface area contributed by atoms with Gasteiger partial charge in [0.05, 0.1) is 10.0 Å². The largest absolute Gasteiger partial charge is 0.480 e. The van der Waals surface area contributed by atoms with Crippen LogP contribution in [-0.2, 0) is 4.79 Å². The number of benzene rings is 1. The van der Waals surface area contributed by atoms with Crippen LogP contribution in [0.4, 0.5) is 0 Å². The number of rotatable bonds is 5. The van der Waals surface area contributed by atoms with Gasteiger partial charge in [0.1, 0.15) is 18.1 Å². The lowest BCUT2D eigenvalue weighted by Crippen LogP contribution is -2.41. The third kappa shape index (κ3) is 3.68. The molecule has 1 aromatic heterocycles. The van der Waals surface area contributed by atoms with Crippen LogP contribution < -0.4 is 0 Å². The first-order chi connectivity index (χ1) is 11.2. The maximum absolute atomic E-state index is 12.5. The van der Waals surface area contributed by atoms with Crippen molar-refractivity contribution in [1.82, 2.24) is 19.7 Å². The fraction of sp³-hybridized carbons (Fsp3) is 0.333. The molecular formula is C15H16Cl2N4O3. The number of hydrogen-bond donors (Lipinski definition) is 1. The van der Waals surface area contributed by atoms with E-state index in [1.165, 1.54) is 9.58 Å². The van der Waals surface area contributed by atoms with E-state index in [1.54, 1.807) is 39.0 Å². The molecule has 1 aromatic carbocycles.